The zero-order valence-corrected chi connectivity index (χ0v) is 11.2. The van der Waals surface area contributed by atoms with E-state index >= 15 is 0 Å². The minimum Gasteiger partial charge on any atom is -0.356 e. The van der Waals surface area contributed by atoms with Crippen molar-refractivity contribution in [1.82, 2.24) is 19.6 Å². The number of hydrogen-bond acceptors (Lipinski definition) is 5. The molecule has 1 fully saturated rings. The molecule has 1 saturated heterocycles. The Balaban J connectivity index is 1.99. The Bertz CT molecular complexity index is 621. The van der Waals surface area contributed by atoms with Gasteiger partial charge in [0.15, 0.2) is 0 Å². The smallest absolute Gasteiger partial charge is 0.254 e. The van der Waals surface area contributed by atoms with Crippen molar-refractivity contribution in [2.45, 2.75) is 26.7 Å². The van der Waals surface area contributed by atoms with Gasteiger partial charge in [-0.2, -0.15) is 14.6 Å². The summed E-state index contributed by atoms with van der Waals surface area (Å²) in [6.45, 7) is 5.33. The first-order valence-electron chi connectivity index (χ1n) is 6.58. The molecule has 6 heteroatoms. The molecule has 6 nitrogen and oxygen atoms in total. The summed E-state index contributed by atoms with van der Waals surface area (Å²) in [6, 6.07) is 2.00. The van der Waals surface area contributed by atoms with Gasteiger partial charge in [-0.1, -0.05) is 0 Å². The molecule has 0 N–H and O–H groups in total. The van der Waals surface area contributed by atoms with E-state index in [1.807, 2.05) is 13.0 Å². The third-order valence-electron chi connectivity index (χ3n) is 3.68. The first kappa shape index (κ1) is 12.1. The number of hydrogen-bond donors (Lipinski definition) is 0. The molecular weight excluding hydrogens is 242 g/mol. The van der Waals surface area contributed by atoms with Crippen LogP contribution in [0.5, 0.6) is 0 Å². The van der Waals surface area contributed by atoms with Crippen LogP contribution < -0.4 is 4.90 Å². The van der Waals surface area contributed by atoms with Crippen LogP contribution in [0.25, 0.3) is 5.78 Å². The molecule has 0 amide bonds. The van der Waals surface area contributed by atoms with Gasteiger partial charge in [-0.25, -0.2) is 4.98 Å². The lowest BCUT2D eigenvalue weighted by molar-refractivity contribution is -0.120. The van der Waals surface area contributed by atoms with Gasteiger partial charge in [0.1, 0.15) is 17.9 Å². The number of nitrogens with zero attached hydrogens (tertiary/aromatic N) is 5. The number of carbonyl (C=O) groups is 1. The van der Waals surface area contributed by atoms with Gasteiger partial charge in [0.25, 0.3) is 5.78 Å². The van der Waals surface area contributed by atoms with E-state index in [2.05, 4.69) is 20.0 Å². The second-order valence-electron chi connectivity index (χ2n) is 5.12. The Labute approximate surface area is 111 Å². The quantitative estimate of drug-likeness (QED) is 0.812. The Hall–Kier alpha value is -1.98. The van der Waals surface area contributed by atoms with Gasteiger partial charge >= 0.3 is 0 Å². The number of rotatable bonds is 2. The van der Waals surface area contributed by atoms with Crippen LogP contribution >= 0.6 is 0 Å². The molecule has 100 valence electrons. The lowest BCUT2D eigenvalue weighted by Crippen LogP contribution is -2.39. The van der Waals surface area contributed by atoms with Crippen molar-refractivity contribution < 1.29 is 4.79 Å². The van der Waals surface area contributed by atoms with Crippen molar-refractivity contribution in [3.05, 3.63) is 18.1 Å². The maximum Gasteiger partial charge on any atom is 0.254 e. The van der Waals surface area contributed by atoms with Crippen LogP contribution in [-0.2, 0) is 4.79 Å². The molecule has 2 aromatic heterocycles. The fourth-order valence-electron chi connectivity index (χ4n) is 2.65. The summed E-state index contributed by atoms with van der Waals surface area (Å²) in [4.78, 5) is 22.3. The van der Waals surface area contributed by atoms with Crippen LogP contribution in [0.2, 0.25) is 0 Å². The van der Waals surface area contributed by atoms with E-state index in [9.17, 15) is 4.79 Å². The SMILES string of the molecule is CC(=O)C1CCCN(c2cc(C)nc3ncnn23)C1. The summed E-state index contributed by atoms with van der Waals surface area (Å²) < 4.78 is 1.75. The average molecular weight is 259 g/mol. The number of ketones is 1. The largest absolute Gasteiger partial charge is 0.356 e. The van der Waals surface area contributed by atoms with Crippen molar-refractivity contribution in [2.24, 2.45) is 5.92 Å². The molecule has 1 atom stereocenters. The molecular formula is C13H17N5O. The summed E-state index contributed by atoms with van der Waals surface area (Å²) in [5.41, 5.74) is 0.917. The van der Waals surface area contributed by atoms with E-state index in [-0.39, 0.29) is 11.7 Å². The molecule has 0 bridgehead atoms. The topological polar surface area (TPSA) is 63.4 Å². The van der Waals surface area contributed by atoms with Crippen LogP contribution in [0.4, 0.5) is 5.82 Å². The molecule has 3 rings (SSSR count). The fourth-order valence-corrected chi connectivity index (χ4v) is 2.65. The van der Waals surface area contributed by atoms with Gasteiger partial charge in [-0.3, -0.25) is 4.79 Å². The molecule has 1 aliphatic heterocycles. The number of Topliss-reactive ketones (excluding diaryl/α,β-unsaturated/α-hetero) is 1. The molecule has 0 radical (unpaired) electrons. The highest BCUT2D eigenvalue weighted by Gasteiger charge is 2.25. The van der Waals surface area contributed by atoms with Crippen LogP contribution in [0.3, 0.4) is 0 Å². The number of fused-ring (bicyclic) bond motifs is 1. The van der Waals surface area contributed by atoms with E-state index < -0.39 is 0 Å². The zero-order chi connectivity index (χ0) is 13.4. The van der Waals surface area contributed by atoms with Crippen LogP contribution in [-0.4, -0.2) is 38.5 Å². The van der Waals surface area contributed by atoms with E-state index in [1.165, 1.54) is 6.33 Å². The summed E-state index contributed by atoms with van der Waals surface area (Å²) in [6.07, 6.45) is 3.52. The second kappa shape index (κ2) is 4.60. The monoisotopic (exact) mass is 259 g/mol. The molecule has 2 aromatic rings. The normalized spacial score (nSPS) is 19.9. The number of anilines is 1. The van der Waals surface area contributed by atoms with Gasteiger partial charge in [0, 0.05) is 30.8 Å². The number of aromatic nitrogens is 4. The molecule has 1 aliphatic rings. The summed E-state index contributed by atoms with van der Waals surface area (Å²) in [7, 11) is 0. The van der Waals surface area contributed by atoms with Crippen LogP contribution in [0.1, 0.15) is 25.5 Å². The zero-order valence-electron chi connectivity index (χ0n) is 11.2. The van der Waals surface area contributed by atoms with E-state index in [1.54, 1.807) is 11.4 Å². The summed E-state index contributed by atoms with van der Waals surface area (Å²) >= 11 is 0. The predicted molar refractivity (Wildman–Crippen MR) is 71.1 cm³/mol. The first-order valence-corrected chi connectivity index (χ1v) is 6.58. The minimum atomic E-state index is 0.126. The Kier molecular flexibility index (Phi) is 2.93. The van der Waals surface area contributed by atoms with Crippen molar-refractivity contribution >= 4 is 17.4 Å². The second-order valence-corrected chi connectivity index (χ2v) is 5.12. The van der Waals surface area contributed by atoms with Crippen molar-refractivity contribution in [3.63, 3.8) is 0 Å². The van der Waals surface area contributed by atoms with Crippen molar-refractivity contribution in [2.75, 3.05) is 18.0 Å². The van der Waals surface area contributed by atoms with Gasteiger partial charge in [-0.15, -0.1) is 0 Å². The number of aryl methyl sites for hydroxylation is 1. The van der Waals surface area contributed by atoms with Crippen molar-refractivity contribution in [1.29, 1.82) is 0 Å². The van der Waals surface area contributed by atoms with Crippen molar-refractivity contribution in [3.8, 4) is 0 Å². The molecule has 19 heavy (non-hydrogen) atoms. The van der Waals surface area contributed by atoms with Gasteiger partial charge < -0.3 is 4.90 Å². The van der Waals surface area contributed by atoms with Crippen LogP contribution in [0, 0.1) is 12.8 Å². The molecule has 3 heterocycles. The van der Waals surface area contributed by atoms with E-state index in [4.69, 9.17) is 0 Å². The summed E-state index contributed by atoms with van der Waals surface area (Å²) in [5, 5.41) is 4.22. The summed E-state index contributed by atoms with van der Waals surface area (Å²) in [5.74, 6) is 1.98. The maximum atomic E-state index is 11.6. The predicted octanol–water partition coefficient (Wildman–Crippen LogP) is 1.24. The number of carbonyl (C=O) groups excluding carboxylic acids is 1. The number of piperidine rings is 1. The maximum absolute atomic E-state index is 11.6. The molecule has 0 spiro atoms. The Morgan fingerprint density at radius 2 is 2.32 bits per heavy atom. The lowest BCUT2D eigenvalue weighted by Gasteiger charge is -2.33. The van der Waals surface area contributed by atoms with E-state index in [0.717, 1.165) is 37.4 Å². The van der Waals surface area contributed by atoms with Crippen LogP contribution in [0.15, 0.2) is 12.4 Å². The highest BCUT2D eigenvalue weighted by molar-refractivity contribution is 5.79. The highest BCUT2D eigenvalue weighted by Crippen LogP contribution is 2.24. The molecule has 0 aliphatic carbocycles. The van der Waals surface area contributed by atoms with Gasteiger partial charge in [0.2, 0.25) is 0 Å². The highest BCUT2D eigenvalue weighted by atomic mass is 16.1. The minimum absolute atomic E-state index is 0.126. The third kappa shape index (κ3) is 2.18. The Morgan fingerprint density at radius 1 is 1.47 bits per heavy atom. The average Bonchev–Trinajstić information content (AvgIpc) is 2.85. The Morgan fingerprint density at radius 3 is 3.11 bits per heavy atom. The fraction of sp³-hybridized carbons (Fsp3) is 0.538. The van der Waals surface area contributed by atoms with Gasteiger partial charge in [-0.05, 0) is 26.7 Å². The van der Waals surface area contributed by atoms with E-state index in [0.29, 0.717) is 5.78 Å². The standard InChI is InChI=1S/C13H17N5O/c1-9-6-12(18-13(16-9)14-8-15-18)17-5-3-4-11(7-17)10(2)19/h6,8,11H,3-5,7H2,1-2H3. The molecule has 1 unspecified atom stereocenters. The van der Waals surface area contributed by atoms with Gasteiger partial charge in [0.05, 0.1) is 0 Å². The molecule has 0 saturated carbocycles. The lowest BCUT2D eigenvalue weighted by atomic mass is 9.94. The third-order valence-corrected chi connectivity index (χ3v) is 3.68. The first-order chi connectivity index (χ1) is 9.15. The molecule has 0 aromatic carbocycles.